The van der Waals surface area contributed by atoms with Crippen LogP contribution in [0.15, 0.2) is 42.6 Å². The predicted octanol–water partition coefficient (Wildman–Crippen LogP) is 3.27. The third-order valence-electron chi connectivity index (χ3n) is 6.57. The van der Waals surface area contributed by atoms with Gasteiger partial charge in [0.2, 0.25) is 0 Å². The molecule has 0 saturated carbocycles. The fourth-order valence-corrected chi connectivity index (χ4v) is 4.91. The molecule has 1 fully saturated rings. The standard InChI is InChI=1S/C24H31N5O/c1-27(22-10-4-6-19-7-5-11-25-24(19)22)18-23-26-20-8-2-3-9-21(20)29(23)13-12-28-14-16-30-17-15-28/h2-3,5,7-9,11,22H,4,6,10,12-18H2,1H3. The zero-order valence-electron chi connectivity index (χ0n) is 17.8. The molecule has 0 amide bonds. The lowest BCUT2D eigenvalue weighted by atomic mass is 9.91. The average Bonchev–Trinajstić information content (AvgIpc) is 3.14. The van der Waals surface area contributed by atoms with Crippen molar-refractivity contribution < 1.29 is 4.74 Å². The molecule has 2 aliphatic rings. The molecule has 3 heterocycles. The van der Waals surface area contributed by atoms with Crippen molar-refractivity contribution in [2.75, 3.05) is 39.9 Å². The summed E-state index contributed by atoms with van der Waals surface area (Å²) in [5, 5.41) is 0. The fraction of sp³-hybridized carbons (Fsp3) is 0.500. The van der Waals surface area contributed by atoms with Gasteiger partial charge in [-0.2, -0.15) is 0 Å². The molecule has 2 aromatic heterocycles. The van der Waals surface area contributed by atoms with Crippen LogP contribution in [0.25, 0.3) is 11.0 Å². The SMILES string of the molecule is CN(Cc1nc2ccccc2n1CCN1CCOCC1)C1CCCc2cccnc21. The van der Waals surface area contributed by atoms with Gasteiger partial charge in [0.1, 0.15) is 5.82 Å². The summed E-state index contributed by atoms with van der Waals surface area (Å²) in [5.74, 6) is 1.15. The molecule has 0 spiro atoms. The summed E-state index contributed by atoms with van der Waals surface area (Å²) < 4.78 is 7.93. The Hall–Kier alpha value is -2.28. The van der Waals surface area contributed by atoms with E-state index in [1.807, 2.05) is 6.20 Å². The van der Waals surface area contributed by atoms with Crippen molar-refractivity contribution in [3.63, 3.8) is 0 Å². The third kappa shape index (κ3) is 4.00. The van der Waals surface area contributed by atoms with Crippen molar-refractivity contribution in [1.29, 1.82) is 0 Å². The van der Waals surface area contributed by atoms with E-state index in [2.05, 4.69) is 57.8 Å². The summed E-state index contributed by atoms with van der Waals surface area (Å²) in [6, 6.07) is 13.2. The highest BCUT2D eigenvalue weighted by molar-refractivity contribution is 5.75. The van der Waals surface area contributed by atoms with Crippen LogP contribution < -0.4 is 0 Å². The Morgan fingerprint density at radius 1 is 1.10 bits per heavy atom. The minimum atomic E-state index is 0.363. The van der Waals surface area contributed by atoms with Crippen LogP contribution in [0, 0.1) is 0 Å². The molecule has 1 aliphatic carbocycles. The van der Waals surface area contributed by atoms with E-state index in [1.165, 1.54) is 23.2 Å². The van der Waals surface area contributed by atoms with Crippen molar-refractivity contribution in [3.8, 4) is 0 Å². The summed E-state index contributed by atoms with van der Waals surface area (Å²) in [7, 11) is 2.22. The Kier molecular flexibility index (Phi) is 5.79. The molecule has 0 radical (unpaired) electrons. The first-order valence-corrected chi connectivity index (χ1v) is 11.2. The van der Waals surface area contributed by atoms with E-state index in [4.69, 9.17) is 14.7 Å². The van der Waals surface area contributed by atoms with E-state index in [9.17, 15) is 0 Å². The van der Waals surface area contributed by atoms with Crippen LogP contribution in [0.5, 0.6) is 0 Å². The van der Waals surface area contributed by atoms with E-state index < -0.39 is 0 Å². The first-order chi connectivity index (χ1) is 14.8. The second-order valence-corrected chi connectivity index (χ2v) is 8.49. The summed E-state index contributed by atoms with van der Waals surface area (Å²) in [6.07, 6.45) is 5.46. The van der Waals surface area contributed by atoms with E-state index in [0.717, 1.165) is 70.1 Å². The van der Waals surface area contributed by atoms with E-state index in [0.29, 0.717) is 6.04 Å². The van der Waals surface area contributed by atoms with Gasteiger partial charge in [0, 0.05) is 32.4 Å². The minimum absolute atomic E-state index is 0.363. The number of imidazole rings is 1. The number of para-hydroxylation sites is 2. The highest BCUT2D eigenvalue weighted by Gasteiger charge is 2.26. The van der Waals surface area contributed by atoms with Gasteiger partial charge in [-0.15, -0.1) is 0 Å². The van der Waals surface area contributed by atoms with Crippen molar-refractivity contribution >= 4 is 11.0 Å². The lowest BCUT2D eigenvalue weighted by molar-refractivity contribution is 0.0363. The Morgan fingerprint density at radius 3 is 2.87 bits per heavy atom. The number of pyridine rings is 1. The topological polar surface area (TPSA) is 46.4 Å². The quantitative estimate of drug-likeness (QED) is 0.630. The lowest BCUT2D eigenvalue weighted by Crippen LogP contribution is -2.38. The first kappa shape index (κ1) is 19.7. The molecule has 6 nitrogen and oxygen atoms in total. The van der Waals surface area contributed by atoms with Crippen molar-refractivity contribution in [1.82, 2.24) is 24.3 Å². The molecule has 1 aliphatic heterocycles. The maximum absolute atomic E-state index is 5.51. The number of morpholine rings is 1. The van der Waals surface area contributed by atoms with Crippen molar-refractivity contribution in [2.24, 2.45) is 0 Å². The van der Waals surface area contributed by atoms with Gasteiger partial charge >= 0.3 is 0 Å². The van der Waals surface area contributed by atoms with E-state index in [-0.39, 0.29) is 0 Å². The predicted molar refractivity (Wildman–Crippen MR) is 118 cm³/mol. The average molecular weight is 406 g/mol. The molecule has 3 aromatic rings. The molecule has 1 unspecified atom stereocenters. The molecule has 1 atom stereocenters. The monoisotopic (exact) mass is 405 g/mol. The van der Waals surface area contributed by atoms with Gasteiger partial charge in [0.25, 0.3) is 0 Å². The van der Waals surface area contributed by atoms with Gasteiger partial charge in [-0.25, -0.2) is 4.98 Å². The molecule has 1 aromatic carbocycles. The molecule has 158 valence electrons. The largest absolute Gasteiger partial charge is 0.379 e. The lowest BCUT2D eigenvalue weighted by Gasteiger charge is -2.32. The van der Waals surface area contributed by atoms with Gasteiger partial charge in [-0.1, -0.05) is 18.2 Å². The molecule has 0 N–H and O–H groups in total. The normalized spacial score (nSPS) is 20.0. The highest BCUT2D eigenvalue weighted by Crippen LogP contribution is 2.33. The van der Waals surface area contributed by atoms with Crippen LogP contribution >= 0.6 is 0 Å². The number of aromatic nitrogens is 3. The number of ether oxygens (including phenoxy) is 1. The third-order valence-corrected chi connectivity index (χ3v) is 6.57. The molecule has 1 saturated heterocycles. The Bertz CT molecular complexity index is 994. The zero-order chi connectivity index (χ0) is 20.3. The number of hydrogen-bond donors (Lipinski definition) is 0. The van der Waals surface area contributed by atoms with Gasteiger partial charge in [-0.3, -0.25) is 14.8 Å². The Labute approximate surface area is 178 Å². The summed E-state index contributed by atoms with van der Waals surface area (Å²) in [4.78, 5) is 14.7. The minimum Gasteiger partial charge on any atom is -0.379 e. The van der Waals surface area contributed by atoms with Gasteiger partial charge in [0.15, 0.2) is 0 Å². The molecule has 30 heavy (non-hydrogen) atoms. The maximum Gasteiger partial charge on any atom is 0.124 e. The van der Waals surface area contributed by atoms with Crippen LogP contribution in [-0.4, -0.2) is 64.2 Å². The van der Waals surface area contributed by atoms with Crippen molar-refractivity contribution in [3.05, 3.63) is 59.7 Å². The second-order valence-electron chi connectivity index (χ2n) is 8.49. The molecular weight excluding hydrogens is 374 g/mol. The van der Waals surface area contributed by atoms with E-state index in [1.54, 1.807) is 0 Å². The highest BCUT2D eigenvalue weighted by atomic mass is 16.5. The summed E-state index contributed by atoms with van der Waals surface area (Å²) in [5.41, 5.74) is 4.98. The number of fused-ring (bicyclic) bond motifs is 2. The van der Waals surface area contributed by atoms with Crippen molar-refractivity contribution in [2.45, 2.75) is 38.4 Å². The van der Waals surface area contributed by atoms with Crippen LogP contribution in [0.4, 0.5) is 0 Å². The molecule has 5 rings (SSSR count). The molecule has 0 bridgehead atoms. The number of aryl methyl sites for hydroxylation is 1. The fourth-order valence-electron chi connectivity index (χ4n) is 4.91. The Balaban J connectivity index is 1.38. The number of hydrogen-bond acceptors (Lipinski definition) is 5. The summed E-state index contributed by atoms with van der Waals surface area (Å²) >= 11 is 0. The smallest absolute Gasteiger partial charge is 0.124 e. The summed E-state index contributed by atoms with van der Waals surface area (Å²) in [6.45, 7) is 6.55. The number of benzene rings is 1. The van der Waals surface area contributed by atoms with Crippen LogP contribution in [0.1, 0.15) is 36.0 Å². The maximum atomic E-state index is 5.51. The number of nitrogens with zero attached hydrogens (tertiary/aromatic N) is 5. The van der Waals surface area contributed by atoms with Gasteiger partial charge < -0.3 is 9.30 Å². The number of rotatable bonds is 6. The molecule has 6 heteroatoms. The van der Waals surface area contributed by atoms with E-state index >= 15 is 0 Å². The van der Waals surface area contributed by atoms with Crippen LogP contribution in [0.2, 0.25) is 0 Å². The Morgan fingerprint density at radius 2 is 1.97 bits per heavy atom. The van der Waals surface area contributed by atoms with Crippen LogP contribution in [0.3, 0.4) is 0 Å². The second kappa shape index (κ2) is 8.84. The van der Waals surface area contributed by atoms with Gasteiger partial charge in [-0.05, 0) is 50.1 Å². The van der Waals surface area contributed by atoms with Gasteiger partial charge in [0.05, 0.1) is 42.5 Å². The van der Waals surface area contributed by atoms with Crippen LogP contribution in [-0.2, 0) is 24.2 Å². The molecular formula is C24H31N5O. The zero-order valence-corrected chi connectivity index (χ0v) is 17.8. The first-order valence-electron chi connectivity index (χ1n) is 11.2.